The van der Waals surface area contributed by atoms with Crippen molar-refractivity contribution in [2.24, 2.45) is 7.05 Å². The van der Waals surface area contributed by atoms with Gasteiger partial charge in [0.25, 0.3) is 0 Å². The lowest BCUT2D eigenvalue weighted by Gasteiger charge is -2.11. The number of carbonyl (C=O) groups is 1. The number of hydrogen-bond acceptors (Lipinski definition) is 9. The molecule has 31 heavy (non-hydrogen) atoms. The number of ether oxygens (including phenoxy) is 2. The fourth-order valence-electron chi connectivity index (χ4n) is 2.81. The minimum atomic E-state index is -0.564. The lowest BCUT2D eigenvalue weighted by molar-refractivity contribution is 0.0593. The number of nitrogens with zero attached hydrogens (tertiary/aromatic N) is 6. The van der Waals surface area contributed by atoms with E-state index in [1.165, 1.54) is 13.2 Å². The molecule has 0 spiro atoms. The number of aryl methyl sites for hydroxylation is 2. The van der Waals surface area contributed by atoms with Crippen LogP contribution in [-0.2, 0) is 11.8 Å². The number of anilines is 2. The van der Waals surface area contributed by atoms with Gasteiger partial charge in [-0.3, -0.25) is 0 Å². The zero-order chi connectivity index (χ0) is 22.0. The van der Waals surface area contributed by atoms with Crippen molar-refractivity contribution in [2.75, 3.05) is 12.4 Å². The van der Waals surface area contributed by atoms with Crippen molar-refractivity contribution < 1.29 is 14.3 Å². The normalized spacial score (nSPS) is 10.5. The van der Waals surface area contributed by atoms with Crippen molar-refractivity contribution in [1.82, 2.24) is 29.7 Å². The first-order chi connectivity index (χ1) is 15.0. The number of esters is 1. The van der Waals surface area contributed by atoms with Gasteiger partial charge >= 0.3 is 5.97 Å². The highest BCUT2D eigenvalue weighted by atomic mass is 16.5. The maximum Gasteiger partial charge on any atom is 0.358 e. The van der Waals surface area contributed by atoms with E-state index < -0.39 is 5.97 Å². The number of fused-ring (bicyclic) bond motifs is 1. The average molecular weight is 415 g/mol. The molecule has 0 saturated heterocycles. The van der Waals surface area contributed by atoms with Gasteiger partial charge in [-0.25, -0.2) is 14.8 Å². The quantitative estimate of drug-likeness (QED) is 0.388. The number of imidazole rings is 1. The van der Waals surface area contributed by atoms with E-state index in [4.69, 9.17) is 11.2 Å². The van der Waals surface area contributed by atoms with Gasteiger partial charge in [0.15, 0.2) is 22.9 Å². The summed E-state index contributed by atoms with van der Waals surface area (Å²) < 4.78 is 12.4. The van der Waals surface area contributed by atoms with Crippen LogP contribution in [0.4, 0.5) is 11.5 Å². The maximum absolute atomic E-state index is 11.5. The van der Waals surface area contributed by atoms with Crippen LogP contribution in [0.2, 0.25) is 0 Å². The molecule has 0 saturated carbocycles. The van der Waals surface area contributed by atoms with Crippen LogP contribution in [0, 0.1) is 19.3 Å². The molecule has 0 aliphatic rings. The average Bonchev–Trinajstić information content (AvgIpc) is 3.16. The summed E-state index contributed by atoms with van der Waals surface area (Å²) in [6.07, 6.45) is 8.60. The Labute approximate surface area is 177 Å². The SMILES string of the molecule is C#Cc1cc(C)c(Oc2cc(Nc3ccc(C(=O)OC)nn3)c3ncn(C)c3n2)cn1. The molecule has 0 aliphatic carbocycles. The molecule has 1 N–H and O–H groups in total. The van der Waals surface area contributed by atoms with Crippen LogP contribution >= 0.6 is 0 Å². The molecule has 4 aromatic heterocycles. The van der Waals surface area contributed by atoms with E-state index in [0.29, 0.717) is 40.0 Å². The maximum atomic E-state index is 11.5. The highest BCUT2D eigenvalue weighted by Crippen LogP contribution is 2.30. The molecule has 0 bridgehead atoms. The lowest BCUT2D eigenvalue weighted by atomic mass is 10.2. The van der Waals surface area contributed by atoms with Crippen molar-refractivity contribution in [3.63, 3.8) is 0 Å². The third-order valence-electron chi connectivity index (χ3n) is 4.39. The predicted octanol–water partition coefficient (Wildman–Crippen LogP) is 2.77. The standard InChI is InChI=1S/C21H17N7O3/c1-5-13-8-12(2)16(10-22-13)31-18-9-15(19-20(25-18)28(3)11-23-19)24-17-7-6-14(26-27-17)21(29)30-4/h1,6-11H,2-4H3,(H,24,25,27). The number of pyridine rings is 2. The number of nitrogens with one attached hydrogen (secondary N) is 1. The molecule has 10 heteroatoms. The van der Waals surface area contributed by atoms with Crippen molar-refractivity contribution in [1.29, 1.82) is 0 Å². The smallest absolute Gasteiger partial charge is 0.358 e. The number of terminal acetylenes is 1. The number of methoxy groups -OCH3 is 1. The van der Waals surface area contributed by atoms with Gasteiger partial charge < -0.3 is 19.4 Å². The van der Waals surface area contributed by atoms with E-state index in [2.05, 4.69) is 41.1 Å². The van der Waals surface area contributed by atoms with Gasteiger partial charge in [0.2, 0.25) is 5.88 Å². The van der Waals surface area contributed by atoms with Gasteiger partial charge in [-0.1, -0.05) is 5.92 Å². The molecular weight excluding hydrogens is 398 g/mol. The number of carbonyl (C=O) groups excluding carboxylic acids is 1. The molecule has 0 atom stereocenters. The van der Waals surface area contributed by atoms with Crippen LogP contribution in [0.25, 0.3) is 11.2 Å². The number of hydrogen-bond donors (Lipinski definition) is 1. The molecule has 0 fully saturated rings. The molecule has 0 aliphatic heterocycles. The molecular formula is C21H17N7O3. The topological polar surface area (TPSA) is 117 Å². The van der Waals surface area contributed by atoms with Crippen LogP contribution in [-0.4, -0.2) is 42.8 Å². The number of rotatable bonds is 5. The summed E-state index contributed by atoms with van der Waals surface area (Å²) in [5.41, 5.74) is 3.28. The van der Waals surface area contributed by atoms with Crippen LogP contribution in [0.15, 0.2) is 36.8 Å². The molecule has 4 aromatic rings. The monoisotopic (exact) mass is 415 g/mol. The first-order valence-corrected chi connectivity index (χ1v) is 9.10. The molecule has 0 amide bonds. The van der Waals surface area contributed by atoms with Crippen LogP contribution in [0.1, 0.15) is 21.7 Å². The zero-order valence-corrected chi connectivity index (χ0v) is 16.9. The summed E-state index contributed by atoms with van der Waals surface area (Å²) in [6.45, 7) is 1.87. The summed E-state index contributed by atoms with van der Waals surface area (Å²) in [6, 6.07) is 6.58. The Morgan fingerprint density at radius 2 is 2.06 bits per heavy atom. The first-order valence-electron chi connectivity index (χ1n) is 9.10. The van der Waals surface area contributed by atoms with E-state index >= 15 is 0 Å². The van der Waals surface area contributed by atoms with E-state index in [9.17, 15) is 4.79 Å². The Kier molecular flexibility index (Phi) is 5.15. The second-order valence-corrected chi connectivity index (χ2v) is 6.54. The molecule has 0 radical (unpaired) electrons. The Bertz CT molecular complexity index is 1320. The minimum Gasteiger partial charge on any atom is -0.464 e. The first kappa shape index (κ1) is 19.8. The van der Waals surface area contributed by atoms with Crippen LogP contribution < -0.4 is 10.1 Å². The molecule has 0 aromatic carbocycles. The summed E-state index contributed by atoms with van der Waals surface area (Å²) in [7, 11) is 3.11. The predicted molar refractivity (Wildman–Crippen MR) is 112 cm³/mol. The second-order valence-electron chi connectivity index (χ2n) is 6.54. The molecule has 4 rings (SSSR count). The van der Waals surface area contributed by atoms with Gasteiger partial charge in [-0.2, -0.15) is 4.98 Å². The molecule has 0 unspecified atom stereocenters. The van der Waals surface area contributed by atoms with E-state index in [1.54, 1.807) is 35.3 Å². The van der Waals surface area contributed by atoms with Crippen LogP contribution in [0.3, 0.4) is 0 Å². The molecule has 10 nitrogen and oxygen atoms in total. The molecule has 154 valence electrons. The molecule has 4 heterocycles. The third kappa shape index (κ3) is 3.97. The fourth-order valence-corrected chi connectivity index (χ4v) is 2.81. The Balaban J connectivity index is 1.69. The van der Waals surface area contributed by atoms with Crippen molar-refractivity contribution in [2.45, 2.75) is 6.92 Å². The minimum absolute atomic E-state index is 0.105. The van der Waals surface area contributed by atoms with Gasteiger partial charge in [0.1, 0.15) is 11.2 Å². The zero-order valence-electron chi connectivity index (χ0n) is 16.9. The lowest BCUT2D eigenvalue weighted by Crippen LogP contribution is -2.06. The van der Waals surface area contributed by atoms with E-state index in [1.807, 2.05) is 14.0 Å². The van der Waals surface area contributed by atoms with Gasteiger partial charge in [0, 0.05) is 13.1 Å². The Morgan fingerprint density at radius 1 is 1.23 bits per heavy atom. The third-order valence-corrected chi connectivity index (χ3v) is 4.39. The summed E-state index contributed by atoms with van der Waals surface area (Å²) in [5.74, 6) is 3.20. The van der Waals surface area contributed by atoms with Crippen molar-refractivity contribution in [3.05, 3.63) is 53.7 Å². The van der Waals surface area contributed by atoms with Gasteiger partial charge in [-0.05, 0) is 30.7 Å². The van der Waals surface area contributed by atoms with Gasteiger partial charge in [0.05, 0.1) is 25.3 Å². The summed E-state index contributed by atoms with van der Waals surface area (Å²) in [5, 5.41) is 11.0. The summed E-state index contributed by atoms with van der Waals surface area (Å²) in [4.78, 5) is 24.6. The largest absolute Gasteiger partial charge is 0.464 e. The van der Waals surface area contributed by atoms with E-state index in [-0.39, 0.29) is 5.69 Å². The highest BCUT2D eigenvalue weighted by Gasteiger charge is 2.14. The second kappa shape index (κ2) is 8.08. The highest BCUT2D eigenvalue weighted by molar-refractivity contribution is 5.89. The number of aromatic nitrogens is 6. The van der Waals surface area contributed by atoms with E-state index in [0.717, 1.165) is 5.56 Å². The van der Waals surface area contributed by atoms with Crippen molar-refractivity contribution in [3.8, 4) is 24.0 Å². The van der Waals surface area contributed by atoms with Crippen molar-refractivity contribution >= 4 is 28.6 Å². The Hall–Kier alpha value is -4.52. The Morgan fingerprint density at radius 3 is 2.74 bits per heavy atom. The fraction of sp³-hybridized carbons (Fsp3) is 0.143. The summed E-state index contributed by atoms with van der Waals surface area (Å²) >= 11 is 0. The van der Waals surface area contributed by atoms with Gasteiger partial charge in [-0.15, -0.1) is 16.6 Å². The van der Waals surface area contributed by atoms with Crippen LogP contribution in [0.5, 0.6) is 11.6 Å².